The van der Waals surface area contributed by atoms with Crippen LogP contribution >= 0.6 is 0 Å². The molecule has 8 heteroatoms. The highest BCUT2D eigenvalue weighted by molar-refractivity contribution is 6.00. The SMILES string of the molecule is Cc1cccc(C)c1NC(=O)CNC(=O)c1ccc(N2CCCCC2)c([N+](=O)[O-])c1. The minimum Gasteiger partial charge on any atom is -0.366 e. The van der Waals surface area contributed by atoms with Gasteiger partial charge in [-0.3, -0.25) is 19.7 Å². The smallest absolute Gasteiger partial charge is 0.293 e. The third-order valence-corrected chi connectivity index (χ3v) is 5.29. The summed E-state index contributed by atoms with van der Waals surface area (Å²) in [6, 6.07) is 10.2. The molecule has 0 unspecified atom stereocenters. The number of rotatable bonds is 6. The molecule has 0 atom stereocenters. The first-order valence-corrected chi connectivity index (χ1v) is 10.0. The topological polar surface area (TPSA) is 105 Å². The number of para-hydroxylation sites is 1. The maximum absolute atomic E-state index is 12.5. The summed E-state index contributed by atoms with van der Waals surface area (Å²) in [6.45, 7) is 5.10. The van der Waals surface area contributed by atoms with Crippen LogP contribution in [0.25, 0.3) is 0 Å². The maximum Gasteiger partial charge on any atom is 0.293 e. The number of hydrogen-bond acceptors (Lipinski definition) is 5. The van der Waals surface area contributed by atoms with E-state index in [-0.39, 0.29) is 23.7 Å². The summed E-state index contributed by atoms with van der Waals surface area (Å²) in [7, 11) is 0. The Bertz CT molecular complexity index is 947. The number of piperidine rings is 1. The molecule has 0 aliphatic carbocycles. The average molecular weight is 410 g/mol. The molecule has 0 saturated carbocycles. The van der Waals surface area contributed by atoms with Crippen LogP contribution in [0.15, 0.2) is 36.4 Å². The predicted octanol–water partition coefficient (Wildman–Crippen LogP) is 3.57. The number of nitrogens with zero attached hydrogens (tertiary/aromatic N) is 2. The van der Waals surface area contributed by atoms with E-state index in [4.69, 9.17) is 0 Å². The van der Waals surface area contributed by atoms with Gasteiger partial charge in [-0.2, -0.15) is 0 Å². The van der Waals surface area contributed by atoms with Crippen LogP contribution in [-0.4, -0.2) is 36.4 Å². The number of anilines is 2. The monoisotopic (exact) mass is 410 g/mol. The third-order valence-electron chi connectivity index (χ3n) is 5.29. The van der Waals surface area contributed by atoms with Crippen molar-refractivity contribution < 1.29 is 14.5 Å². The summed E-state index contributed by atoms with van der Waals surface area (Å²) < 4.78 is 0. The fourth-order valence-electron chi connectivity index (χ4n) is 3.67. The molecule has 0 spiro atoms. The minimum atomic E-state index is -0.528. The second-order valence-electron chi connectivity index (χ2n) is 7.51. The number of amides is 2. The number of nitrogens with one attached hydrogen (secondary N) is 2. The number of nitro groups is 1. The Morgan fingerprint density at radius 2 is 1.73 bits per heavy atom. The van der Waals surface area contributed by atoms with Crippen LogP contribution in [0.1, 0.15) is 40.7 Å². The van der Waals surface area contributed by atoms with Crippen molar-refractivity contribution >= 4 is 28.9 Å². The van der Waals surface area contributed by atoms with Crippen molar-refractivity contribution in [3.8, 4) is 0 Å². The molecule has 1 aliphatic rings. The molecule has 1 heterocycles. The van der Waals surface area contributed by atoms with Gasteiger partial charge < -0.3 is 15.5 Å². The van der Waals surface area contributed by atoms with Crippen LogP contribution in [0, 0.1) is 24.0 Å². The summed E-state index contributed by atoms with van der Waals surface area (Å²) in [6.07, 6.45) is 3.11. The lowest BCUT2D eigenvalue weighted by atomic mass is 10.1. The minimum absolute atomic E-state index is 0.0930. The van der Waals surface area contributed by atoms with E-state index in [0.29, 0.717) is 5.69 Å². The Kier molecular flexibility index (Phi) is 6.66. The highest BCUT2D eigenvalue weighted by Gasteiger charge is 2.23. The number of nitro benzene ring substituents is 1. The number of carbonyl (C=O) groups is 2. The molecular weight excluding hydrogens is 384 g/mol. The first-order chi connectivity index (χ1) is 14.4. The van der Waals surface area contributed by atoms with E-state index in [1.54, 1.807) is 12.1 Å². The molecule has 2 aromatic carbocycles. The van der Waals surface area contributed by atoms with E-state index >= 15 is 0 Å². The molecule has 8 nitrogen and oxygen atoms in total. The average Bonchev–Trinajstić information content (AvgIpc) is 2.75. The van der Waals surface area contributed by atoms with Crippen LogP contribution in [0.4, 0.5) is 17.1 Å². The van der Waals surface area contributed by atoms with Crippen molar-refractivity contribution in [3.63, 3.8) is 0 Å². The fraction of sp³-hybridized carbons (Fsp3) is 0.364. The first-order valence-electron chi connectivity index (χ1n) is 10.0. The van der Waals surface area contributed by atoms with Crippen molar-refractivity contribution in [2.24, 2.45) is 0 Å². The molecule has 2 N–H and O–H groups in total. The van der Waals surface area contributed by atoms with E-state index in [2.05, 4.69) is 10.6 Å². The van der Waals surface area contributed by atoms with Gasteiger partial charge in [0.2, 0.25) is 5.91 Å². The Labute approximate surface area is 175 Å². The highest BCUT2D eigenvalue weighted by atomic mass is 16.6. The van der Waals surface area contributed by atoms with E-state index < -0.39 is 10.8 Å². The summed E-state index contributed by atoms with van der Waals surface area (Å²) in [5, 5.41) is 16.9. The van der Waals surface area contributed by atoms with Gasteiger partial charge >= 0.3 is 0 Å². The maximum atomic E-state index is 12.5. The van der Waals surface area contributed by atoms with Gasteiger partial charge in [0.25, 0.3) is 11.6 Å². The molecule has 158 valence electrons. The third kappa shape index (κ3) is 4.94. The zero-order valence-electron chi connectivity index (χ0n) is 17.2. The molecule has 1 saturated heterocycles. The van der Waals surface area contributed by atoms with Gasteiger partial charge in [-0.1, -0.05) is 18.2 Å². The molecule has 2 aromatic rings. The van der Waals surface area contributed by atoms with Gasteiger partial charge in [0.1, 0.15) is 5.69 Å². The summed E-state index contributed by atoms with van der Waals surface area (Å²) in [4.78, 5) is 37.8. The lowest BCUT2D eigenvalue weighted by Crippen LogP contribution is -2.33. The molecule has 0 bridgehead atoms. The zero-order valence-corrected chi connectivity index (χ0v) is 17.2. The molecule has 3 rings (SSSR count). The second-order valence-corrected chi connectivity index (χ2v) is 7.51. The predicted molar refractivity (Wildman–Crippen MR) is 116 cm³/mol. The highest BCUT2D eigenvalue weighted by Crippen LogP contribution is 2.31. The van der Waals surface area contributed by atoms with Crippen LogP contribution in [-0.2, 0) is 4.79 Å². The Balaban J connectivity index is 1.67. The molecule has 0 radical (unpaired) electrons. The van der Waals surface area contributed by atoms with Gasteiger partial charge in [-0.15, -0.1) is 0 Å². The standard InChI is InChI=1S/C22H26N4O4/c1-15-7-6-8-16(2)21(15)24-20(27)14-23-22(28)17-9-10-18(19(13-17)26(29)30)25-11-4-3-5-12-25/h6-10,13H,3-5,11-12,14H2,1-2H3,(H,23,28)(H,24,27). The molecule has 1 aliphatic heterocycles. The molecule has 0 aromatic heterocycles. The lowest BCUT2D eigenvalue weighted by Gasteiger charge is -2.28. The van der Waals surface area contributed by atoms with Crippen molar-refractivity contribution in [2.45, 2.75) is 33.1 Å². The van der Waals surface area contributed by atoms with Gasteiger partial charge in [-0.25, -0.2) is 0 Å². The molecule has 2 amide bonds. The van der Waals surface area contributed by atoms with E-state index in [1.165, 1.54) is 6.07 Å². The van der Waals surface area contributed by atoms with Crippen LogP contribution in [0.2, 0.25) is 0 Å². The summed E-state index contributed by atoms with van der Waals surface area (Å²) >= 11 is 0. The summed E-state index contributed by atoms with van der Waals surface area (Å²) in [5.41, 5.74) is 3.17. The Morgan fingerprint density at radius 1 is 1.07 bits per heavy atom. The van der Waals surface area contributed by atoms with Crippen molar-refractivity contribution in [1.29, 1.82) is 0 Å². The Morgan fingerprint density at radius 3 is 2.37 bits per heavy atom. The van der Waals surface area contributed by atoms with Crippen molar-refractivity contribution in [3.05, 3.63) is 63.2 Å². The largest absolute Gasteiger partial charge is 0.366 e. The number of hydrogen-bond donors (Lipinski definition) is 2. The van der Waals surface area contributed by atoms with Crippen LogP contribution < -0.4 is 15.5 Å². The number of benzene rings is 2. The van der Waals surface area contributed by atoms with Gasteiger partial charge in [0.05, 0.1) is 11.5 Å². The molecule has 30 heavy (non-hydrogen) atoms. The second kappa shape index (κ2) is 9.39. The fourth-order valence-corrected chi connectivity index (χ4v) is 3.67. The lowest BCUT2D eigenvalue weighted by molar-refractivity contribution is -0.384. The normalized spacial score (nSPS) is 13.6. The van der Waals surface area contributed by atoms with Crippen molar-refractivity contribution in [1.82, 2.24) is 5.32 Å². The van der Waals surface area contributed by atoms with Gasteiger partial charge in [-0.05, 0) is 56.4 Å². The van der Waals surface area contributed by atoms with Gasteiger partial charge in [0.15, 0.2) is 0 Å². The molecular formula is C22H26N4O4. The number of carbonyl (C=O) groups excluding carboxylic acids is 2. The summed E-state index contributed by atoms with van der Waals surface area (Å²) in [5.74, 6) is -0.889. The van der Waals surface area contributed by atoms with E-state index in [0.717, 1.165) is 49.2 Å². The van der Waals surface area contributed by atoms with E-state index in [9.17, 15) is 19.7 Å². The van der Waals surface area contributed by atoms with Crippen molar-refractivity contribution in [2.75, 3.05) is 29.9 Å². The first kappa shape index (κ1) is 21.3. The van der Waals surface area contributed by atoms with Gasteiger partial charge in [0, 0.05) is 30.4 Å². The van der Waals surface area contributed by atoms with E-state index in [1.807, 2.05) is 36.9 Å². The zero-order chi connectivity index (χ0) is 21.7. The van der Waals surface area contributed by atoms with Crippen LogP contribution in [0.5, 0.6) is 0 Å². The molecule has 1 fully saturated rings. The number of aryl methyl sites for hydroxylation is 2. The van der Waals surface area contributed by atoms with Crippen LogP contribution in [0.3, 0.4) is 0 Å². The quantitative estimate of drug-likeness (QED) is 0.560. The Hall–Kier alpha value is -3.42.